The predicted molar refractivity (Wildman–Crippen MR) is 59.4 cm³/mol. The van der Waals surface area contributed by atoms with E-state index in [1.54, 1.807) is 0 Å². The highest BCUT2D eigenvalue weighted by Crippen LogP contribution is 2.00. The molecular weight excluding hydrogens is 196 g/mol. The SMILES string of the molecule is CCCNCCN(C)Cc1csnn1. The number of hydrogen-bond donors (Lipinski definition) is 1. The summed E-state index contributed by atoms with van der Waals surface area (Å²) < 4.78 is 3.83. The standard InChI is InChI=1S/C9H18N4S/c1-3-4-10-5-6-13(2)7-9-8-14-12-11-9/h8,10H,3-7H2,1-2H3. The molecule has 1 N–H and O–H groups in total. The zero-order chi connectivity index (χ0) is 10.2. The van der Waals surface area contributed by atoms with Crippen molar-refractivity contribution in [1.29, 1.82) is 0 Å². The van der Waals surface area contributed by atoms with Gasteiger partial charge >= 0.3 is 0 Å². The number of likely N-dealkylation sites (N-methyl/N-ethyl adjacent to an activating group) is 1. The average molecular weight is 214 g/mol. The summed E-state index contributed by atoms with van der Waals surface area (Å²) in [6.07, 6.45) is 1.19. The van der Waals surface area contributed by atoms with Gasteiger partial charge in [0.1, 0.15) is 0 Å². The second kappa shape index (κ2) is 6.86. The molecule has 0 radical (unpaired) electrons. The Kier molecular flexibility index (Phi) is 5.66. The topological polar surface area (TPSA) is 41.0 Å². The van der Waals surface area contributed by atoms with Crippen LogP contribution in [-0.4, -0.2) is 41.2 Å². The molecule has 0 fully saturated rings. The Morgan fingerprint density at radius 1 is 1.50 bits per heavy atom. The first-order valence-corrected chi connectivity index (χ1v) is 5.81. The highest BCUT2D eigenvalue weighted by molar-refractivity contribution is 7.03. The van der Waals surface area contributed by atoms with Crippen molar-refractivity contribution in [3.05, 3.63) is 11.1 Å². The molecule has 14 heavy (non-hydrogen) atoms. The lowest BCUT2D eigenvalue weighted by Crippen LogP contribution is -2.29. The van der Waals surface area contributed by atoms with Gasteiger partial charge in [0.25, 0.3) is 0 Å². The monoisotopic (exact) mass is 214 g/mol. The molecule has 1 aromatic heterocycles. The zero-order valence-electron chi connectivity index (χ0n) is 8.86. The fourth-order valence-corrected chi connectivity index (χ4v) is 1.62. The molecule has 0 aliphatic heterocycles. The minimum absolute atomic E-state index is 0.893. The highest BCUT2D eigenvalue weighted by atomic mass is 32.1. The Morgan fingerprint density at radius 2 is 2.36 bits per heavy atom. The summed E-state index contributed by atoms with van der Waals surface area (Å²) in [4.78, 5) is 2.25. The summed E-state index contributed by atoms with van der Waals surface area (Å²) >= 11 is 1.41. The van der Waals surface area contributed by atoms with Crippen LogP contribution in [0.1, 0.15) is 19.0 Å². The molecule has 80 valence electrons. The molecule has 5 heteroatoms. The van der Waals surface area contributed by atoms with Gasteiger partial charge in [-0.2, -0.15) is 0 Å². The first-order chi connectivity index (χ1) is 6.83. The second-order valence-corrected chi connectivity index (χ2v) is 3.99. The third-order valence-electron chi connectivity index (χ3n) is 1.93. The largest absolute Gasteiger partial charge is 0.315 e. The Bertz CT molecular complexity index is 225. The van der Waals surface area contributed by atoms with E-state index in [1.807, 2.05) is 5.38 Å². The molecule has 0 atom stereocenters. The lowest BCUT2D eigenvalue weighted by atomic mass is 10.4. The van der Waals surface area contributed by atoms with Gasteiger partial charge in [0, 0.05) is 25.0 Å². The van der Waals surface area contributed by atoms with Crippen LogP contribution in [0.25, 0.3) is 0 Å². The van der Waals surface area contributed by atoms with Crippen LogP contribution in [0.3, 0.4) is 0 Å². The van der Waals surface area contributed by atoms with Gasteiger partial charge in [0.15, 0.2) is 0 Å². The van der Waals surface area contributed by atoms with Crippen molar-refractivity contribution in [1.82, 2.24) is 19.8 Å². The molecule has 1 aromatic rings. The maximum atomic E-state index is 4.01. The van der Waals surface area contributed by atoms with Crippen molar-refractivity contribution >= 4 is 11.5 Å². The van der Waals surface area contributed by atoms with Crippen LogP contribution in [0.15, 0.2) is 5.38 Å². The minimum Gasteiger partial charge on any atom is -0.315 e. The molecule has 0 saturated heterocycles. The highest BCUT2D eigenvalue weighted by Gasteiger charge is 2.01. The minimum atomic E-state index is 0.893. The van der Waals surface area contributed by atoms with Gasteiger partial charge in [-0.1, -0.05) is 11.4 Å². The Morgan fingerprint density at radius 3 is 3.00 bits per heavy atom. The molecule has 0 spiro atoms. The molecule has 4 nitrogen and oxygen atoms in total. The van der Waals surface area contributed by atoms with Crippen molar-refractivity contribution in [2.45, 2.75) is 19.9 Å². The third-order valence-corrected chi connectivity index (χ3v) is 2.49. The third kappa shape index (κ3) is 4.64. The molecule has 0 bridgehead atoms. The fraction of sp³-hybridized carbons (Fsp3) is 0.778. The van der Waals surface area contributed by atoms with Crippen molar-refractivity contribution in [2.24, 2.45) is 0 Å². The first-order valence-electron chi connectivity index (χ1n) is 4.98. The summed E-state index contributed by atoms with van der Waals surface area (Å²) in [5, 5.41) is 9.37. The molecule has 0 aliphatic rings. The molecule has 0 saturated carbocycles. The van der Waals surface area contributed by atoms with E-state index in [-0.39, 0.29) is 0 Å². The smallest absolute Gasteiger partial charge is 0.0895 e. The quantitative estimate of drug-likeness (QED) is 0.687. The molecule has 1 rings (SSSR count). The van der Waals surface area contributed by atoms with Crippen LogP contribution in [0.5, 0.6) is 0 Å². The summed E-state index contributed by atoms with van der Waals surface area (Å²) in [6.45, 7) is 6.27. The van der Waals surface area contributed by atoms with E-state index in [1.165, 1.54) is 18.0 Å². The molecule has 1 heterocycles. The predicted octanol–water partition coefficient (Wildman–Crippen LogP) is 0.969. The van der Waals surface area contributed by atoms with E-state index >= 15 is 0 Å². The summed E-state index contributed by atoms with van der Waals surface area (Å²) in [5.74, 6) is 0. The van der Waals surface area contributed by atoms with Gasteiger partial charge in [-0.15, -0.1) is 5.10 Å². The van der Waals surface area contributed by atoms with E-state index in [2.05, 4.69) is 33.8 Å². The number of hydrogen-bond acceptors (Lipinski definition) is 5. The lowest BCUT2D eigenvalue weighted by Gasteiger charge is -2.14. The zero-order valence-corrected chi connectivity index (χ0v) is 9.68. The Labute approximate surface area is 89.5 Å². The van der Waals surface area contributed by atoms with Crippen LogP contribution in [0.2, 0.25) is 0 Å². The van der Waals surface area contributed by atoms with E-state index in [0.717, 1.165) is 31.9 Å². The molecule has 0 aromatic carbocycles. The normalized spacial score (nSPS) is 11.1. The fourth-order valence-electron chi connectivity index (χ4n) is 1.18. The lowest BCUT2D eigenvalue weighted by molar-refractivity contribution is 0.320. The van der Waals surface area contributed by atoms with Crippen molar-refractivity contribution in [2.75, 3.05) is 26.7 Å². The van der Waals surface area contributed by atoms with Crippen molar-refractivity contribution in [3.63, 3.8) is 0 Å². The molecule has 0 amide bonds. The maximum Gasteiger partial charge on any atom is 0.0895 e. The van der Waals surface area contributed by atoms with Gasteiger partial charge in [-0.25, -0.2) is 0 Å². The number of aromatic nitrogens is 2. The van der Waals surface area contributed by atoms with E-state index < -0.39 is 0 Å². The number of rotatable bonds is 7. The molecular formula is C9H18N4S. The van der Waals surface area contributed by atoms with Gasteiger partial charge in [0.05, 0.1) is 5.69 Å². The van der Waals surface area contributed by atoms with Crippen LogP contribution in [0, 0.1) is 0 Å². The van der Waals surface area contributed by atoms with Gasteiger partial charge in [-0.3, -0.25) is 4.90 Å². The van der Waals surface area contributed by atoms with Crippen molar-refractivity contribution in [3.8, 4) is 0 Å². The molecule has 0 aliphatic carbocycles. The van der Waals surface area contributed by atoms with E-state index in [0.29, 0.717) is 0 Å². The van der Waals surface area contributed by atoms with Crippen molar-refractivity contribution < 1.29 is 0 Å². The van der Waals surface area contributed by atoms with E-state index in [4.69, 9.17) is 0 Å². The number of nitrogens with one attached hydrogen (secondary N) is 1. The van der Waals surface area contributed by atoms with Crippen LogP contribution >= 0.6 is 11.5 Å². The first kappa shape index (κ1) is 11.6. The van der Waals surface area contributed by atoms with E-state index in [9.17, 15) is 0 Å². The summed E-state index contributed by atoms with van der Waals surface area (Å²) in [7, 11) is 2.10. The number of nitrogens with zero attached hydrogens (tertiary/aromatic N) is 3. The summed E-state index contributed by atoms with van der Waals surface area (Å²) in [5.41, 5.74) is 1.06. The van der Waals surface area contributed by atoms with Crippen LogP contribution in [0.4, 0.5) is 0 Å². The Balaban J connectivity index is 2.07. The van der Waals surface area contributed by atoms with Gasteiger partial charge in [0.2, 0.25) is 0 Å². The molecule has 0 unspecified atom stereocenters. The van der Waals surface area contributed by atoms with Crippen LogP contribution in [-0.2, 0) is 6.54 Å². The maximum absolute atomic E-state index is 4.01. The van der Waals surface area contributed by atoms with Gasteiger partial charge < -0.3 is 5.32 Å². The average Bonchev–Trinajstić information content (AvgIpc) is 2.65. The van der Waals surface area contributed by atoms with Crippen LogP contribution < -0.4 is 5.32 Å². The summed E-state index contributed by atoms with van der Waals surface area (Å²) in [6, 6.07) is 0. The second-order valence-electron chi connectivity index (χ2n) is 3.38. The van der Waals surface area contributed by atoms with Gasteiger partial charge in [-0.05, 0) is 31.5 Å². The Hall–Kier alpha value is -0.520.